The zero-order valence-electron chi connectivity index (χ0n) is 35.2. The van der Waals surface area contributed by atoms with E-state index in [9.17, 15) is 33.2 Å². The number of amides is 6. The molecule has 1 unspecified atom stereocenters. The summed E-state index contributed by atoms with van der Waals surface area (Å²) in [6.07, 6.45) is 3.40. The molecule has 14 nitrogen and oxygen atoms in total. The summed E-state index contributed by atoms with van der Waals surface area (Å²) in [5, 5.41) is 8.87. The minimum absolute atomic E-state index is 0.0218. The van der Waals surface area contributed by atoms with E-state index in [1.54, 1.807) is 37.8 Å². The maximum atomic E-state index is 14.8. The Morgan fingerprint density at radius 1 is 0.933 bits per heavy atom. The SMILES string of the molecule is CC1CCCCCC[C@H](NC(=O)OC(C)(C)C)C(=O)N2C[C@H](OC(=O)N3Cc4cccc(F)c4C3)C[C@H]2C(=O)N[C@]2(C(=O)N3CCC[C@H]3C(=O)NCc3ccccc3)C[C@@H]12. The predicted molar refractivity (Wildman–Crippen MR) is 218 cm³/mol. The van der Waals surface area contributed by atoms with Crippen molar-refractivity contribution in [3.63, 3.8) is 0 Å². The van der Waals surface area contributed by atoms with Gasteiger partial charge in [-0.05, 0) is 75.5 Å². The highest BCUT2D eigenvalue weighted by molar-refractivity contribution is 6.00. The van der Waals surface area contributed by atoms with Crippen molar-refractivity contribution >= 4 is 35.8 Å². The second kappa shape index (κ2) is 17.8. The average Bonchev–Trinajstić information content (AvgIpc) is 3.57. The largest absolute Gasteiger partial charge is 0.444 e. The predicted octanol–water partition coefficient (Wildman–Crippen LogP) is 5.31. The number of benzene rings is 2. The van der Waals surface area contributed by atoms with Crippen LogP contribution < -0.4 is 16.0 Å². The van der Waals surface area contributed by atoms with Gasteiger partial charge in [0.15, 0.2) is 0 Å². The van der Waals surface area contributed by atoms with Crippen molar-refractivity contribution in [2.75, 3.05) is 13.1 Å². The van der Waals surface area contributed by atoms with E-state index in [1.165, 1.54) is 15.9 Å². The summed E-state index contributed by atoms with van der Waals surface area (Å²) >= 11 is 0. The maximum Gasteiger partial charge on any atom is 0.410 e. The minimum Gasteiger partial charge on any atom is -0.444 e. The molecule has 7 atom stereocenters. The average molecular weight is 831 g/mol. The van der Waals surface area contributed by atoms with E-state index in [1.807, 2.05) is 30.3 Å². The summed E-state index contributed by atoms with van der Waals surface area (Å²) in [4.78, 5) is 88.8. The van der Waals surface area contributed by atoms with Crippen molar-refractivity contribution in [2.24, 2.45) is 11.8 Å². The van der Waals surface area contributed by atoms with Crippen LogP contribution in [0.1, 0.15) is 109 Å². The number of nitrogens with one attached hydrogen (secondary N) is 3. The van der Waals surface area contributed by atoms with Crippen molar-refractivity contribution in [1.29, 1.82) is 0 Å². The van der Waals surface area contributed by atoms with Crippen LogP contribution in [0.2, 0.25) is 0 Å². The highest BCUT2D eigenvalue weighted by Crippen LogP contribution is 2.52. The fourth-order valence-corrected chi connectivity index (χ4v) is 9.54. The number of alkyl carbamates (subject to hydrolysis) is 1. The minimum atomic E-state index is -1.29. The fraction of sp³-hybridized carbons (Fsp3) is 0.600. The van der Waals surface area contributed by atoms with Crippen LogP contribution in [0.4, 0.5) is 14.0 Å². The van der Waals surface area contributed by atoms with Gasteiger partial charge in [0.1, 0.15) is 41.2 Å². The van der Waals surface area contributed by atoms with Crippen LogP contribution in [0.5, 0.6) is 0 Å². The Bertz CT molecular complexity index is 1960. The molecule has 2 aromatic carbocycles. The molecule has 6 amide bonds. The molecule has 3 N–H and O–H groups in total. The third-order valence-corrected chi connectivity index (χ3v) is 12.7. The Morgan fingerprint density at radius 2 is 1.68 bits per heavy atom. The first kappa shape index (κ1) is 42.9. The first-order chi connectivity index (χ1) is 28.6. The molecule has 60 heavy (non-hydrogen) atoms. The Kier molecular flexibility index (Phi) is 12.7. The Labute approximate surface area is 351 Å². The molecule has 1 aliphatic carbocycles. The van der Waals surface area contributed by atoms with Crippen molar-refractivity contribution < 1.29 is 42.6 Å². The number of likely N-dealkylation sites (tertiary alicyclic amines) is 1. The first-order valence-corrected chi connectivity index (χ1v) is 21.6. The molecule has 0 radical (unpaired) electrons. The normalized spacial score (nSPS) is 28.3. The van der Waals surface area contributed by atoms with E-state index in [0.29, 0.717) is 56.3 Å². The smallest absolute Gasteiger partial charge is 0.410 e. The highest BCUT2D eigenvalue weighted by atomic mass is 19.1. The third-order valence-electron chi connectivity index (χ3n) is 12.7. The zero-order chi connectivity index (χ0) is 42.8. The number of carbonyl (C=O) groups is 6. The van der Waals surface area contributed by atoms with Gasteiger partial charge in [-0.15, -0.1) is 0 Å². The Morgan fingerprint density at radius 3 is 2.42 bits per heavy atom. The molecule has 4 aliphatic heterocycles. The lowest BCUT2D eigenvalue weighted by atomic mass is 9.93. The van der Waals surface area contributed by atoms with Crippen molar-refractivity contribution in [2.45, 2.75) is 147 Å². The van der Waals surface area contributed by atoms with Gasteiger partial charge in [0.25, 0.3) is 0 Å². The molecule has 4 heterocycles. The lowest BCUT2D eigenvalue weighted by molar-refractivity contribution is -0.145. The lowest BCUT2D eigenvalue weighted by Gasteiger charge is -2.33. The van der Waals surface area contributed by atoms with E-state index in [0.717, 1.165) is 31.2 Å². The van der Waals surface area contributed by atoms with Gasteiger partial charge in [0.05, 0.1) is 13.1 Å². The molecule has 5 aliphatic rings. The summed E-state index contributed by atoms with van der Waals surface area (Å²) in [6, 6.07) is 11.3. The molecule has 0 spiro atoms. The summed E-state index contributed by atoms with van der Waals surface area (Å²) in [5.41, 5.74) is -0.0873. The van der Waals surface area contributed by atoms with E-state index in [-0.39, 0.29) is 49.7 Å². The second-order valence-electron chi connectivity index (χ2n) is 18.3. The van der Waals surface area contributed by atoms with Crippen molar-refractivity contribution in [3.05, 3.63) is 71.0 Å². The molecule has 2 aromatic rings. The van der Waals surface area contributed by atoms with Gasteiger partial charge in [-0.2, -0.15) is 0 Å². The number of nitrogens with zero attached hydrogens (tertiary/aromatic N) is 3. The van der Waals surface area contributed by atoms with Crippen LogP contribution in [0, 0.1) is 17.7 Å². The second-order valence-corrected chi connectivity index (χ2v) is 18.3. The zero-order valence-corrected chi connectivity index (χ0v) is 35.2. The monoisotopic (exact) mass is 830 g/mol. The van der Waals surface area contributed by atoms with Crippen LogP contribution in [-0.2, 0) is 48.3 Å². The van der Waals surface area contributed by atoms with Crippen LogP contribution in [-0.4, -0.2) is 99.0 Å². The highest BCUT2D eigenvalue weighted by Gasteiger charge is 2.65. The molecule has 3 saturated heterocycles. The summed E-state index contributed by atoms with van der Waals surface area (Å²) in [7, 11) is 0. The summed E-state index contributed by atoms with van der Waals surface area (Å²) in [6.45, 7) is 8.00. The van der Waals surface area contributed by atoms with Gasteiger partial charge >= 0.3 is 12.2 Å². The van der Waals surface area contributed by atoms with Crippen molar-refractivity contribution in [1.82, 2.24) is 30.7 Å². The molecule has 324 valence electrons. The van der Waals surface area contributed by atoms with Crippen LogP contribution in [0.15, 0.2) is 48.5 Å². The number of halogens is 1. The molecule has 7 rings (SSSR count). The standard InChI is InChI=1S/C45H59FN6O8/c1-28-14-8-5-6-11-19-35(48-42(57)60-44(2,3)4)40(55)52-26-31(59-43(58)50-25-30-17-12-18-34(46)32(30)27-50)22-37(52)39(54)49-45(23-33(28)45)41(56)51-21-13-20-36(51)38(53)47-24-29-15-9-7-10-16-29/h7,9-10,12,15-18,28,31,33,35-37H,5-6,8,11,13-14,19-27H2,1-4H3,(H,47,53)(H,48,57)(H,49,54)/t28?,31-,33+,35+,36+,37+,45-/m1/s1. The van der Waals surface area contributed by atoms with Gasteiger partial charge in [0.2, 0.25) is 23.6 Å². The molecule has 0 aromatic heterocycles. The topological polar surface area (TPSA) is 167 Å². The molecule has 1 saturated carbocycles. The fourth-order valence-electron chi connectivity index (χ4n) is 9.54. The Hall–Kier alpha value is -5.21. The van der Waals surface area contributed by atoms with Gasteiger partial charge in [0, 0.05) is 31.6 Å². The molecule has 0 bridgehead atoms. The molecule has 15 heteroatoms. The van der Waals surface area contributed by atoms with Crippen LogP contribution in [0.3, 0.4) is 0 Å². The third kappa shape index (κ3) is 9.55. The van der Waals surface area contributed by atoms with Crippen LogP contribution in [0.25, 0.3) is 0 Å². The van der Waals surface area contributed by atoms with Gasteiger partial charge < -0.3 is 35.2 Å². The number of hydrogen-bond donors (Lipinski definition) is 3. The number of carbonyl (C=O) groups excluding carboxylic acids is 6. The van der Waals surface area contributed by atoms with Crippen molar-refractivity contribution in [3.8, 4) is 0 Å². The van der Waals surface area contributed by atoms with Gasteiger partial charge in [-0.3, -0.25) is 24.1 Å². The van der Waals surface area contributed by atoms with Crippen LogP contribution >= 0.6 is 0 Å². The quantitative estimate of drug-likeness (QED) is 0.352. The summed E-state index contributed by atoms with van der Waals surface area (Å²) in [5.74, 6) is -2.18. The van der Waals surface area contributed by atoms with E-state index in [2.05, 4.69) is 22.9 Å². The number of fused-ring (bicyclic) bond motifs is 3. The molecular formula is C45H59FN6O8. The number of hydrogen-bond acceptors (Lipinski definition) is 8. The Balaban J connectivity index is 1.14. The number of rotatable bonds is 6. The van der Waals surface area contributed by atoms with Gasteiger partial charge in [-0.25, -0.2) is 14.0 Å². The number of ether oxygens (including phenoxy) is 2. The van der Waals surface area contributed by atoms with Gasteiger partial charge in [-0.1, -0.05) is 81.5 Å². The van der Waals surface area contributed by atoms with E-state index >= 15 is 0 Å². The lowest BCUT2D eigenvalue weighted by Crippen LogP contribution is -2.60. The molecule has 4 fully saturated rings. The summed E-state index contributed by atoms with van der Waals surface area (Å²) < 4.78 is 26.0. The molecular weight excluding hydrogens is 772 g/mol. The van der Waals surface area contributed by atoms with E-state index < -0.39 is 65.2 Å². The van der Waals surface area contributed by atoms with E-state index in [4.69, 9.17) is 9.47 Å². The maximum absolute atomic E-state index is 14.8. The first-order valence-electron chi connectivity index (χ1n) is 21.6.